The summed E-state index contributed by atoms with van der Waals surface area (Å²) in [6.45, 7) is 1.42. The number of carbonyl (C=O) groups excluding carboxylic acids is 2. The summed E-state index contributed by atoms with van der Waals surface area (Å²) in [6, 6.07) is 14.2. The SMILES string of the molecule is CC(=O)Nc1cccc(C(=O)Nc2ccc(-c3cnns3)cc2)c1. The molecule has 3 rings (SSSR count). The monoisotopic (exact) mass is 338 g/mol. The number of anilines is 2. The van der Waals surface area contributed by atoms with Gasteiger partial charge in [-0.25, -0.2) is 0 Å². The van der Waals surface area contributed by atoms with Gasteiger partial charge in [-0.1, -0.05) is 22.7 Å². The highest BCUT2D eigenvalue weighted by Crippen LogP contribution is 2.23. The molecule has 0 aliphatic heterocycles. The summed E-state index contributed by atoms with van der Waals surface area (Å²) >= 11 is 1.32. The maximum absolute atomic E-state index is 12.3. The number of amides is 2. The minimum Gasteiger partial charge on any atom is -0.326 e. The largest absolute Gasteiger partial charge is 0.326 e. The number of benzene rings is 2. The molecule has 0 saturated heterocycles. The van der Waals surface area contributed by atoms with Crippen molar-refractivity contribution in [3.8, 4) is 10.4 Å². The fourth-order valence-corrected chi connectivity index (χ4v) is 2.67. The molecule has 0 aliphatic carbocycles. The van der Waals surface area contributed by atoms with Gasteiger partial charge in [-0.3, -0.25) is 9.59 Å². The normalized spacial score (nSPS) is 10.2. The molecule has 0 atom stereocenters. The highest BCUT2D eigenvalue weighted by molar-refractivity contribution is 7.09. The Morgan fingerprint density at radius 3 is 2.46 bits per heavy atom. The molecule has 1 heterocycles. The van der Waals surface area contributed by atoms with Gasteiger partial charge in [0, 0.05) is 23.9 Å². The third kappa shape index (κ3) is 3.82. The molecule has 0 fully saturated rings. The Balaban J connectivity index is 1.71. The number of hydrogen-bond acceptors (Lipinski definition) is 5. The van der Waals surface area contributed by atoms with Crippen LogP contribution in [0.5, 0.6) is 0 Å². The van der Waals surface area contributed by atoms with Crippen molar-refractivity contribution in [3.63, 3.8) is 0 Å². The van der Waals surface area contributed by atoms with Crippen LogP contribution < -0.4 is 10.6 Å². The second-order valence-corrected chi connectivity index (χ2v) is 5.86. The maximum atomic E-state index is 12.3. The first-order valence-electron chi connectivity index (χ1n) is 7.18. The minimum absolute atomic E-state index is 0.180. The van der Waals surface area contributed by atoms with Gasteiger partial charge in [-0.2, -0.15) is 0 Å². The summed E-state index contributed by atoms with van der Waals surface area (Å²) in [6.07, 6.45) is 1.70. The molecule has 2 amide bonds. The molecule has 0 unspecified atom stereocenters. The molecule has 1 aromatic heterocycles. The van der Waals surface area contributed by atoms with E-state index in [4.69, 9.17) is 0 Å². The zero-order chi connectivity index (χ0) is 16.9. The molecule has 2 aromatic carbocycles. The molecule has 0 radical (unpaired) electrons. The van der Waals surface area contributed by atoms with Gasteiger partial charge in [0.05, 0.1) is 11.1 Å². The first-order valence-corrected chi connectivity index (χ1v) is 7.96. The van der Waals surface area contributed by atoms with Gasteiger partial charge in [0.15, 0.2) is 0 Å². The summed E-state index contributed by atoms with van der Waals surface area (Å²) in [5.74, 6) is -0.421. The Morgan fingerprint density at radius 1 is 1.00 bits per heavy atom. The molecule has 3 aromatic rings. The fraction of sp³-hybridized carbons (Fsp3) is 0.0588. The van der Waals surface area contributed by atoms with Crippen LogP contribution in [0.25, 0.3) is 10.4 Å². The van der Waals surface area contributed by atoms with Crippen LogP contribution in [0.3, 0.4) is 0 Å². The van der Waals surface area contributed by atoms with E-state index in [1.165, 1.54) is 18.5 Å². The van der Waals surface area contributed by atoms with Crippen LogP contribution in [-0.4, -0.2) is 21.4 Å². The van der Waals surface area contributed by atoms with E-state index in [-0.39, 0.29) is 11.8 Å². The molecule has 6 nitrogen and oxygen atoms in total. The zero-order valence-electron chi connectivity index (χ0n) is 12.8. The van der Waals surface area contributed by atoms with Crippen molar-refractivity contribution in [2.75, 3.05) is 10.6 Å². The van der Waals surface area contributed by atoms with E-state index in [1.807, 2.05) is 24.3 Å². The van der Waals surface area contributed by atoms with Crippen LogP contribution in [-0.2, 0) is 4.79 Å². The van der Waals surface area contributed by atoms with Crippen LogP contribution >= 0.6 is 11.5 Å². The van der Waals surface area contributed by atoms with E-state index in [9.17, 15) is 9.59 Å². The van der Waals surface area contributed by atoms with Crippen LogP contribution in [0.15, 0.2) is 54.7 Å². The lowest BCUT2D eigenvalue weighted by atomic mass is 10.1. The summed E-state index contributed by atoms with van der Waals surface area (Å²) in [5, 5.41) is 9.30. The highest BCUT2D eigenvalue weighted by Gasteiger charge is 2.08. The van der Waals surface area contributed by atoms with E-state index < -0.39 is 0 Å². The highest BCUT2D eigenvalue weighted by atomic mass is 32.1. The van der Waals surface area contributed by atoms with Crippen LogP contribution in [0.1, 0.15) is 17.3 Å². The lowest BCUT2D eigenvalue weighted by Gasteiger charge is -2.08. The van der Waals surface area contributed by atoms with Crippen LogP contribution in [0, 0.1) is 0 Å². The number of hydrogen-bond donors (Lipinski definition) is 2. The van der Waals surface area contributed by atoms with Gasteiger partial charge < -0.3 is 10.6 Å². The third-order valence-corrected chi connectivity index (χ3v) is 3.95. The molecule has 24 heavy (non-hydrogen) atoms. The second-order valence-electron chi connectivity index (χ2n) is 5.08. The van der Waals surface area contributed by atoms with Gasteiger partial charge in [-0.15, -0.1) is 5.10 Å². The topological polar surface area (TPSA) is 84.0 Å². The molecule has 7 heteroatoms. The van der Waals surface area contributed by atoms with Gasteiger partial charge >= 0.3 is 0 Å². The van der Waals surface area contributed by atoms with Crippen molar-refractivity contribution in [1.29, 1.82) is 0 Å². The predicted octanol–water partition coefficient (Wildman–Crippen LogP) is 3.42. The minimum atomic E-state index is -0.241. The lowest BCUT2D eigenvalue weighted by molar-refractivity contribution is -0.114. The second kappa shape index (κ2) is 7.01. The number of rotatable bonds is 4. The van der Waals surface area contributed by atoms with E-state index in [0.717, 1.165) is 10.4 Å². The quantitative estimate of drug-likeness (QED) is 0.763. The van der Waals surface area contributed by atoms with Crippen molar-refractivity contribution in [2.24, 2.45) is 0 Å². The zero-order valence-corrected chi connectivity index (χ0v) is 13.6. The molecular weight excluding hydrogens is 324 g/mol. The van der Waals surface area contributed by atoms with Crippen molar-refractivity contribution >= 4 is 34.7 Å². The molecule has 120 valence electrons. The molecular formula is C17H14N4O2S. The van der Waals surface area contributed by atoms with Crippen molar-refractivity contribution < 1.29 is 9.59 Å². The Hall–Kier alpha value is -3.06. The van der Waals surface area contributed by atoms with E-state index in [0.29, 0.717) is 16.9 Å². The van der Waals surface area contributed by atoms with E-state index in [1.54, 1.807) is 30.5 Å². The summed E-state index contributed by atoms with van der Waals surface area (Å²) in [7, 11) is 0. The number of carbonyl (C=O) groups is 2. The predicted molar refractivity (Wildman–Crippen MR) is 94.0 cm³/mol. The Kier molecular flexibility index (Phi) is 4.62. The summed E-state index contributed by atoms with van der Waals surface area (Å²) in [4.78, 5) is 24.4. The summed E-state index contributed by atoms with van der Waals surface area (Å²) < 4.78 is 3.83. The van der Waals surface area contributed by atoms with E-state index in [2.05, 4.69) is 20.2 Å². The first kappa shape index (κ1) is 15.8. The van der Waals surface area contributed by atoms with Crippen LogP contribution in [0.2, 0.25) is 0 Å². The Labute approximate surface area is 142 Å². The Morgan fingerprint density at radius 2 is 1.79 bits per heavy atom. The maximum Gasteiger partial charge on any atom is 0.255 e. The Bertz CT molecular complexity index is 861. The van der Waals surface area contributed by atoms with E-state index >= 15 is 0 Å². The molecule has 2 N–H and O–H groups in total. The number of aromatic nitrogens is 2. The standard InChI is InChI=1S/C17H14N4O2S/c1-11(22)19-15-4-2-3-13(9-15)17(23)20-14-7-5-12(6-8-14)16-10-18-21-24-16/h2-10H,1H3,(H,19,22)(H,20,23). The molecule has 0 saturated carbocycles. The van der Waals surface area contributed by atoms with Crippen molar-refractivity contribution in [3.05, 3.63) is 60.3 Å². The number of nitrogens with zero attached hydrogens (tertiary/aromatic N) is 2. The molecule has 0 bridgehead atoms. The average molecular weight is 338 g/mol. The van der Waals surface area contributed by atoms with Gasteiger partial charge in [0.25, 0.3) is 5.91 Å². The lowest BCUT2D eigenvalue weighted by Crippen LogP contribution is -2.13. The molecule has 0 spiro atoms. The third-order valence-electron chi connectivity index (χ3n) is 3.23. The summed E-state index contributed by atoms with van der Waals surface area (Å²) in [5.41, 5.74) is 2.74. The van der Waals surface area contributed by atoms with Crippen molar-refractivity contribution in [2.45, 2.75) is 6.92 Å². The molecule has 0 aliphatic rings. The smallest absolute Gasteiger partial charge is 0.255 e. The van der Waals surface area contributed by atoms with Crippen LogP contribution in [0.4, 0.5) is 11.4 Å². The van der Waals surface area contributed by atoms with Gasteiger partial charge in [0.2, 0.25) is 5.91 Å². The fourth-order valence-electron chi connectivity index (χ4n) is 2.16. The average Bonchev–Trinajstić information content (AvgIpc) is 3.09. The van der Waals surface area contributed by atoms with Gasteiger partial charge in [0.1, 0.15) is 0 Å². The first-order chi connectivity index (χ1) is 11.6. The number of nitrogens with one attached hydrogen (secondary N) is 2. The van der Waals surface area contributed by atoms with Crippen molar-refractivity contribution in [1.82, 2.24) is 9.59 Å². The van der Waals surface area contributed by atoms with Gasteiger partial charge in [-0.05, 0) is 47.4 Å².